The van der Waals surface area contributed by atoms with E-state index in [-0.39, 0.29) is 0 Å². The van der Waals surface area contributed by atoms with Crippen molar-refractivity contribution in [1.82, 2.24) is 15.0 Å². The predicted octanol–water partition coefficient (Wildman–Crippen LogP) is 3.17. The maximum Gasteiger partial charge on any atom is 0.178 e. The van der Waals surface area contributed by atoms with Crippen LogP contribution in [0.5, 0.6) is 0 Å². The summed E-state index contributed by atoms with van der Waals surface area (Å²) in [5.74, 6) is 0.742. The molecule has 2 heterocycles. The van der Waals surface area contributed by atoms with Gasteiger partial charge in [-0.1, -0.05) is 11.6 Å². The Morgan fingerprint density at radius 2 is 2.00 bits per heavy atom. The van der Waals surface area contributed by atoms with Crippen LogP contribution < -0.4 is 5.73 Å². The molecule has 18 heavy (non-hydrogen) atoms. The van der Waals surface area contributed by atoms with Gasteiger partial charge in [0.25, 0.3) is 0 Å². The average molecular weight is 259 g/mol. The van der Waals surface area contributed by atoms with Gasteiger partial charge in [-0.15, -0.1) is 0 Å². The van der Waals surface area contributed by atoms with Gasteiger partial charge in [-0.2, -0.15) is 0 Å². The fourth-order valence-corrected chi connectivity index (χ4v) is 1.93. The highest BCUT2D eigenvalue weighted by molar-refractivity contribution is 6.33. The summed E-state index contributed by atoms with van der Waals surface area (Å²) < 4.78 is 0. The normalized spacial score (nSPS) is 11.0. The molecule has 0 saturated carbocycles. The number of nitrogens with two attached hydrogens (primary N) is 1. The number of pyridine rings is 1. The molecule has 0 atom stereocenters. The minimum atomic E-state index is 0.541. The monoisotopic (exact) mass is 258 g/mol. The fourth-order valence-electron chi connectivity index (χ4n) is 1.81. The molecule has 0 aliphatic heterocycles. The molecule has 0 unspecified atom stereocenters. The first kappa shape index (κ1) is 11.0. The van der Waals surface area contributed by atoms with Crippen molar-refractivity contribution in [2.24, 2.45) is 0 Å². The van der Waals surface area contributed by atoms with Gasteiger partial charge < -0.3 is 10.7 Å². The van der Waals surface area contributed by atoms with Gasteiger partial charge >= 0.3 is 0 Å². The Bertz CT molecular complexity index is 733. The van der Waals surface area contributed by atoms with Crippen LogP contribution >= 0.6 is 11.6 Å². The van der Waals surface area contributed by atoms with E-state index in [0.29, 0.717) is 16.4 Å². The average Bonchev–Trinajstić information content (AvgIpc) is 2.75. The first-order chi connectivity index (χ1) is 8.63. The first-order valence-electron chi connectivity index (χ1n) is 5.52. The summed E-state index contributed by atoms with van der Waals surface area (Å²) in [6, 6.07) is 9.35. The van der Waals surface area contributed by atoms with Crippen LogP contribution in [0, 0.1) is 6.92 Å². The van der Waals surface area contributed by atoms with Gasteiger partial charge in [0.15, 0.2) is 5.65 Å². The second kappa shape index (κ2) is 3.99. The molecule has 3 aromatic rings. The third-order valence-corrected chi connectivity index (χ3v) is 3.10. The summed E-state index contributed by atoms with van der Waals surface area (Å²) in [5, 5.41) is 0.545. The summed E-state index contributed by atoms with van der Waals surface area (Å²) in [4.78, 5) is 12.0. The van der Waals surface area contributed by atoms with Crippen molar-refractivity contribution >= 4 is 28.5 Å². The molecule has 0 radical (unpaired) electrons. The summed E-state index contributed by atoms with van der Waals surface area (Å²) >= 11 is 5.90. The number of nitrogens with one attached hydrogen (secondary N) is 1. The zero-order chi connectivity index (χ0) is 12.7. The number of aromatic nitrogens is 3. The van der Waals surface area contributed by atoms with Crippen molar-refractivity contribution in [2.45, 2.75) is 6.92 Å². The molecule has 3 N–H and O–H groups in total. The number of nitrogen functional groups attached to an aromatic ring is 1. The van der Waals surface area contributed by atoms with E-state index in [9.17, 15) is 0 Å². The number of rotatable bonds is 1. The summed E-state index contributed by atoms with van der Waals surface area (Å²) in [7, 11) is 0. The zero-order valence-corrected chi connectivity index (χ0v) is 10.5. The van der Waals surface area contributed by atoms with E-state index in [4.69, 9.17) is 17.3 Å². The van der Waals surface area contributed by atoms with Gasteiger partial charge in [0, 0.05) is 11.3 Å². The highest BCUT2D eigenvalue weighted by Gasteiger charge is 2.07. The van der Waals surface area contributed by atoms with E-state index in [1.54, 1.807) is 12.1 Å². The van der Waals surface area contributed by atoms with Crippen molar-refractivity contribution in [3.63, 3.8) is 0 Å². The Morgan fingerprint density at radius 3 is 2.78 bits per heavy atom. The molecule has 0 bridgehead atoms. The second-order valence-electron chi connectivity index (χ2n) is 4.15. The van der Waals surface area contributed by atoms with E-state index >= 15 is 0 Å². The molecule has 1 aromatic carbocycles. The Kier molecular flexibility index (Phi) is 2.45. The van der Waals surface area contributed by atoms with Gasteiger partial charge in [0.2, 0.25) is 0 Å². The highest BCUT2D eigenvalue weighted by atomic mass is 35.5. The SMILES string of the molecule is Cc1ccc2[nH]c(-c3ccc(Cl)c(N)c3)nc2n1. The van der Waals surface area contributed by atoms with Gasteiger partial charge in [-0.25, -0.2) is 9.97 Å². The molecule has 5 heteroatoms. The number of benzene rings is 1. The summed E-state index contributed by atoms with van der Waals surface area (Å²) in [6.45, 7) is 1.94. The van der Waals surface area contributed by atoms with Gasteiger partial charge in [0.1, 0.15) is 5.82 Å². The largest absolute Gasteiger partial charge is 0.398 e. The summed E-state index contributed by atoms with van der Waals surface area (Å²) in [5.41, 5.74) is 9.78. The van der Waals surface area contributed by atoms with Crippen LogP contribution in [-0.2, 0) is 0 Å². The zero-order valence-electron chi connectivity index (χ0n) is 9.74. The van der Waals surface area contributed by atoms with Crippen LogP contribution in [0.25, 0.3) is 22.6 Å². The smallest absolute Gasteiger partial charge is 0.178 e. The standard InChI is InChI=1S/C13H11ClN4/c1-7-2-5-11-13(16-7)18-12(17-11)8-3-4-9(14)10(15)6-8/h2-6H,15H2,1H3,(H,16,17,18). The molecular formula is C13H11ClN4. The summed E-state index contributed by atoms with van der Waals surface area (Å²) in [6.07, 6.45) is 0. The Hall–Kier alpha value is -2.07. The van der Waals surface area contributed by atoms with Crippen molar-refractivity contribution in [3.05, 3.63) is 41.0 Å². The topological polar surface area (TPSA) is 67.6 Å². The molecule has 0 saturated heterocycles. The second-order valence-corrected chi connectivity index (χ2v) is 4.55. The number of anilines is 1. The molecule has 0 spiro atoms. The maximum absolute atomic E-state index is 5.90. The molecule has 3 rings (SSSR count). The molecule has 0 aliphatic carbocycles. The number of aryl methyl sites for hydroxylation is 1. The van der Waals surface area contributed by atoms with E-state index in [2.05, 4.69) is 15.0 Å². The molecule has 2 aromatic heterocycles. The fraction of sp³-hybridized carbons (Fsp3) is 0.0769. The van der Waals surface area contributed by atoms with E-state index in [1.165, 1.54) is 0 Å². The number of nitrogens with zero attached hydrogens (tertiary/aromatic N) is 2. The lowest BCUT2D eigenvalue weighted by atomic mass is 10.2. The highest BCUT2D eigenvalue weighted by Crippen LogP contribution is 2.26. The molecule has 0 aliphatic rings. The number of H-pyrrole nitrogens is 1. The minimum Gasteiger partial charge on any atom is -0.398 e. The van der Waals surface area contributed by atoms with Crippen molar-refractivity contribution in [1.29, 1.82) is 0 Å². The van der Waals surface area contributed by atoms with E-state index < -0.39 is 0 Å². The Balaban J connectivity index is 2.16. The van der Waals surface area contributed by atoms with E-state index in [1.807, 2.05) is 25.1 Å². The van der Waals surface area contributed by atoms with E-state index in [0.717, 1.165) is 22.6 Å². The number of hydrogen-bond acceptors (Lipinski definition) is 3. The molecule has 4 nitrogen and oxygen atoms in total. The lowest BCUT2D eigenvalue weighted by molar-refractivity contribution is 1.22. The van der Waals surface area contributed by atoms with Crippen molar-refractivity contribution < 1.29 is 0 Å². The molecule has 0 amide bonds. The van der Waals surface area contributed by atoms with Crippen molar-refractivity contribution in [3.8, 4) is 11.4 Å². The third-order valence-electron chi connectivity index (χ3n) is 2.75. The first-order valence-corrected chi connectivity index (χ1v) is 5.90. The predicted molar refractivity (Wildman–Crippen MR) is 73.5 cm³/mol. The van der Waals surface area contributed by atoms with Crippen LogP contribution in [0.2, 0.25) is 5.02 Å². The number of imidazole rings is 1. The minimum absolute atomic E-state index is 0.541. The Labute approximate surface area is 109 Å². The van der Waals surface area contributed by atoms with Crippen LogP contribution in [0.15, 0.2) is 30.3 Å². The van der Waals surface area contributed by atoms with Gasteiger partial charge in [-0.05, 0) is 37.3 Å². The van der Waals surface area contributed by atoms with Crippen molar-refractivity contribution in [2.75, 3.05) is 5.73 Å². The molecule has 90 valence electrons. The van der Waals surface area contributed by atoms with Crippen LogP contribution in [0.3, 0.4) is 0 Å². The van der Waals surface area contributed by atoms with Crippen LogP contribution in [-0.4, -0.2) is 15.0 Å². The van der Waals surface area contributed by atoms with Gasteiger partial charge in [-0.3, -0.25) is 0 Å². The lowest BCUT2D eigenvalue weighted by Gasteiger charge is -2.00. The van der Waals surface area contributed by atoms with Crippen LogP contribution in [0.4, 0.5) is 5.69 Å². The maximum atomic E-state index is 5.90. The van der Waals surface area contributed by atoms with Crippen LogP contribution in [0.1, 0.15) is 5.69 Å². The number of fused-ring (bicyclic) bond motifs is 1. The number of aromatic amines is 1. The molecular weight excluding hydrogens is 248 g/mol. The third kappa shape index (κ3) is 1.80. The number of halogens is 1. The Morgan fingerprint density at radius 1 is 1.17 bits per heavy atom. The molecule has 0 fully saturated rings. The quantitative estimate of drug-likeness (QED) is 0.659. The number of hydrogen-bond donors (Lipinski definition) is 2. The lowest BCUT2D eigenvalue weighted by Crippen LogP contribution is -1.88. The van der Waals surface area contributed by atoms with Gasteiger partial charge in [0.05, 0.1) is 16.2 Å².